The van der Waals surface area contributed by atoms with Gasteiger partial charge in [0.25, 0.3) is 0 Å². The van der Waals surface area contributed by atoms with E-state index < -0.39 is 0 Å². The third-order valence-electron chi connectivity index (χ3n) is 2.49. The zero-order valence-corrected chi connectivity index (χ0v) is 12.7. The minimum atomic E-state index is 0.271. The van der Waals surface area contributed by atoms with Crippen LogP contribution >= 0.6 is 28.6 Å². The van der Waals surface area contributed by atoms with E-state index in [0.29, 0.717) is 0 Å². The fraction of sp³-hybridized carbons (Fsp3) is 0.538. The molecule has 0 unspecified atom stereocenters. The highest BCUT2D eigenvalue weighted by molar-refractivity contribution is 9.10. The zero-order valence-electron chi connectivity index (χ0n) is 10.2. The van der Waals surface area contributed by atoms with Gasteiger partial charge in [0.2, 0.25) is 0 Å². The van der Waals surface area contributed by atoms with Gasteiger partial charge < -0.3 is 4.90 Å². The van der Waals surface area contributed by atoms with Crippen LogP contribution in [0.5, 0.6) is 0 Å². The molecule has 0 heterocycles. The minimum absolute atomic E-state index is 0.271. The summed E-state index contributed by atoms with van der Waals surface area (Å²) in [6.07, 6.45) is 0. The molecule has 0 aromatic heterocycles. The predicted octanol–water partition coefficient (Wildman–Crippen LogP) is 3.84. The van der Waals surface area contributed by atoms with Crippen LogP contribution in [-0.4, -0.2) is 24.2 Å². The number of halogens is 1. The van der Waals surface area contributed by atoms with Crippen LogP contribution < -0.4 is 0 Å². The van der Waals surface area contributed by atoms with E-state index in [4.69, 9.17) is 0 Å². The molecule has 0 spiro atoms. The Morgan fingerprint density at radius 2 is 1.81 bits per heavy atom. The molecule has 0 bridgehead atoms. The van der Waals surface area contributed by atoms with Gasteiger partial charge in [0.05, 0.1) is 0 Å². The van der Waals surface area contributed by atoms with Gasteiger partial charge in [-0.3, -0.25) is 0 Å². The summed E-state index contributed by atoms with van der Waals surface area (Å²) in [7, 11) is 2.16. The summed E-state index contributed by atoms with van der Waals surface area (Å²) >= 11 is 7.83. The van der Waals surface area contributed by atoms with E-state index in [1.165, 1.54) is 5.56 Å². The van der Waals surface area contributed by atoms with Crippen molar-refractivity contribution in [2.75, 3.05) is 19.3 Å². The fourth-order valence-electron chi connectivity index (χ4n) is 1.74. The Morgan fingerprint density at radius 1 is 1.25 bits per heavy atom. The number of rotatable bonds is 5. The van der Waals surface area contributed by atoms with E-state index in [2.05, 4.69) is 78.6 Å². The molecule has 0 N–H and O–H groups in total. The van der Waals surface area contributed by atoms with Crippen LogP contribution in [0.2, 0.25) is 0 Å². The highest BCUT2D eigenvalue weighted by Gasteiger charge is 2.17. The van der Waals surface area contributed by atoms with Gasteiger partial charge in [-0.1, -0.05) is 41.9 Å². The Labute approximate surface area is 113 Å². The second-order valence-corrected chi connectivity index (χ2v) is 6.35. The van der Waals surface area contributed by atoms with E-state index in [1.54, 1.807) is 0 Å². The van der Waals surface area contributed by atoms with Crippen LogP contribution in [-0.2, 0) is 6.54 Å². The SMILES string of the molecule is CN(Cc1ccc(Br)cc1)CC(C)(C)CS. The van der Waals surface area contributed by atoms with Crippen LogP contribution in [0.15, 0.2) is 28.7 Å². The summed E-state index contributed by atoms with van der Waals surface area (Å²) in [6.45, 7) is 6.55. The van der Waals surface area contributed by atoms with Crippen molar-refractivity contribution in [3.63, 3.8) is 0 Å². The molecule has 1 aromatic rings. The Kier molecular flexibility index (Phi) is 5.35. The van der Waals surface area contributed by atoms with Crippen molar-refractivity contribution >= 4 is 28.6 Å². The summed E-state index contributed by atoms with van der Waals surface area (Å²) in [5.41, 5.74) is 1.62. The first-order valence-corrected chi connectivity index (χ1v) is 6.89. The maximum atomic E-state index is 4.38. The van der Waals surface area contributed by atoms with Crippen molar-refractivity contribution in [2.45, 2.75) is 20.4 Å². The topological polar surface area (TPSA) is 3.24 Å². The largest absolute Gasteiger partial charge is 0.302 e. The summed E-state index contributed by atoms with van der Waals surface area (Å²) < 4.78 is 1.13. The Bertz CT molecular complexity index is 321. The van der Waals surface area contributed by atoms with Gasteiger partial charge >= 0.3 is 0 Å². The lowest BCUT2D eigenvalue weighted by molar-refractivity contribution is 0.225. The quantitative estimate of drug-likeness (QED) is 0.809. The van der Waals surface area contributed by atoms with Crippen molar-refractivity contribution in [3.05, 3.63) is 34.3 Å². The number of thiol groups is 1. The second-order valence-electron chi connectivity index (χ2n) is 5.12. The molecule has 0 radical (unpaired) electrons. The molecule has 0 atom stereocenters. The molecule has 0 saturated heterocycles. The summed E-state index contributed by atoms with van der Waals surface area (Å²) in [5.74, 6) is 0.914. The summed E-state index contributed by atoms with van der Waals surface area (Å²) in [6, 6.07) is 8.50. The van der Waals surface area contributed by atoms with Gasteiger partial charge in [-0.05, 0) is 35.9 Å². The van der Waals surface area contributed by atoms with Crippen molar-refractivity contribution in [1.82, 2.24) is 4.90 Å². The van der Waals surface area contributed by atoms with Crippen LogP contribution in [0, 0.1) is 5.41 Å². The highest BCUT2D eigenvalue weighted by Crippen LogP contribution is 2.19. The smallest absolute Gasteiger partial charge is 0.0230 e. The molecular weight excluding hydrogens is 282 g/mol. The van der Waals surface area contributed by atoms with Crippen LogP contribution in [0.3, 0.4) is 0 Å². The summed E-state index contributed by atoms with van der Waals surface area (Å²) in [4.78, 5) is 2.35. The maximum absolute atomic E-state index is 4.38. The van der Waals surface area contributed by atoms with E-state index in [-0.39, 0.29) is 5.41 Å². The molecule has 3 heteroatoms. The first-order chi connectivity index (χ1) is 7.43. The second kappa shape index (κ2) is 6.08. The highest BCUT2D eigenvalue weighted by atomic mass is 79.9. The number of nitrogens with zero attached hydrogens (tertiary/aromatic N) is 1. The predicted molar refractivity (Wildman–Crippen MR) is 78.1 cm³/mol. The molecule has 0 aliphatic carbocycles. The first-order valence-electron chi connectivity index (χ1n) is 5.47. The van der Waals surface area contributed by atoms with E-state index in [0.717, 1.165) is 23.3 Å². The fourth-order valence-corrected chi connectivity index (χ4v) is 2.10. The third-order valence-corrected chi connectivity index (χ3v) is 3.88. The Balaban J connectivity index is 2.51. The van der Waals surface area contributed by atoms with Gasteiger partial charge in [0.1, 0.15) is 0 Å². The maximum Gasteiger partial charge on any atom is 0.0230 e. The molecule has 1 nitrogen and oxygen atoms in total. The van der Waals surface area contributed by atoms with Crippen LogP contribution in [0.4, 0.5) is 0 Å². The van der Waals surface area contributed by atoms with Crippen molar-refractivity contribution in [3.8, 4) is 0 Å². The molecule has 16 heavy (non-hydrogen) atoms. The lowest BCUT2D eigenvalue weighted by atomic mass is 9.95. The average Bonchev–Trinajstić information content (AvgIpc) is 2.21. The van der Waals surface area contributed by atoms with Crippen LogP contribution in [0.25, 0.3) is 0 Å². The molecule has 0 fully saturated rings. The zero-order chi connectivity index (χ0) is 12.2. The van der Waals surface area contributed by atoms with E-state index in [1.807, 2.05) is 0 Å². The minimum Gasteiger partial charge on any atom is -0.302 e. The van der Waals surface area contributed by atoms with Crippen molar-refractivity contribution < 1.29 is 0 Å². The number of hydrogen-bond donors (Lipinski definition) is 1. The van der Waals surface area contributed by atoms with E-state index in [9.17, 15) is 0 Å². The molecule has 1 rings (SSSR count). The molecule has 0 amide bonds. The number of hydrogen-bond acceptors (Lipinski definition) is 2. The molecule has 0 aliphatic rings. The Morgan fingerprint density at radius 3 is 2.31 bits per heavy atom. The standard InChI is InChI=1S/C13H20BrNS/c1-13(2,10-16)9-15(3)8-11-4-6-12(14)7-5-11/h4-7,16H,8-10H2,1-3H3. The Hall–Kier alpha value is 0.01000. The number of benzene rings is 1. The van der Waals surface area contributed by atoms with Crippen LogP contribution in [0.1, 0.15) is 19.4 Å². The monoisotopic (exact) mass is 301 g/mol. The van der Waals surface area contributed by atoms with Gasteiger partial charge in [-0.2, -0.15) is 12.6 Å². The third kappa shape index (κ3) is 4.89. The van der Waals surface area contributed by atoms with Crippen molar-refractivity contribution in [2.24, 2.45) is 5.41 Å². The molecule has 90 valence electrons. The summed E-state index contributed by atoms with van der Waals surface area (Å²) in [5, 5.41) is 0. The lowest BCUT2D eigenvalue weighted by Crippen LogP contribution is -2.32. The lowest BCUT2D eigenvalue weighted by Gasteiger charge is -2.28. The molecular formula is C13H20BrNS. The molecule has 0 aliphatic heterocycles. The van der Waals surface area contributed by atoms with Gasteiger partial charge in [0, 0.05) is 17.6 Å². The first kappa shape index (κ1) is 14.1. The van der Waals surface area contributed by atoms with Gasteiger partial charge in [-0.15, -0.1) is 0 Å². The van der Waals surface area contributed by atoms with Gasteiger partial charge in [-0.25, -0.2) is 0 Å². The average molecular weight is 302 g/mol. The van der Waals surface area contributed by atoms with Crippen molar-refractivity contribution in [1.29, 1.82) is 0 Å². The molecule has 0 saturated carbocycles. The normalized spacial score (nSPS) is 12.1. The van der Waals surface area contributed by atoms with E-state index >= 15 is 0 Å². The van der Waals surface area contributed by atoms with Gasteiger partial charge in [0.15, 0.2) is 0 Å². The molecule has 1 aromatic carbocycles.